The number of rotatable bonds is 7. The number of benzene rings is 1. The maximum Gasteiger partial charge on any atom is 0.0279 e. The van der Waals surface area contributed by atoms with Crippen molar-refractivity contribution in [2.45, 2.75) is 70.8 Å². The van der Waals surface area contributed by atoms with Crippen LogP contribution >= 0.6 is 0 Å². The topological polar surface area (TPSA) is 12.0 Å². The fourth-order valence-corrected chi connectivity index (χ4v) is 3.35. The normalized spacial score (nSPS) is 20.1. The SMILES string of the molecule is CCNC(CCCc1ccccc1)/C1=C/CCCCCC1. The first kappa shape index (κ1) is 16.3. The lowest BCUT2D eigenvalue weighted by Crippen LogP contribution is -2.31. The van der Waals surface area contributed by atoms with Gasteiger partial charge in [-0.05, 0) is 57.1 Å². The van der Waals surface area contributed by atoms with Crippen molar-refractivity contribution in [2.75, 3.05) is 6.54 Å². The number of nitrogens with one attached hydrogen (secondary N) is 1. The van der Waals surface area contributed by atoms with E-state index in [-0.39, 0.29) is 0 Å². The van der Waals surface area contributed by atoms with Gasteiger partial charge in [-0.25, -0.2) is 0 Å². The van der Waals surface area contributed by atoms with E-state index < -0.39 is 0 Å². The largest absolute Gasteiger partial charge is 0.311 e. The summed E-state index contributed by atoms with van der Waals surface area (Å²) in [7, 11) is 0. The van der Waals surface area contributed by atoms with Gasteiger partial charge in [-0.1, -0.05) is 61.7 Å². The summed E-state index contributed by atoms with van der Waals surface area (Å²) >= 11 is 0. The molecule has 0 amide bonds. The van der Waals surface area contributed by atoms with Gasteiger partial charge in [-0.15, -0.1) is 0 Å². The molecular formula is C20H31N. The molecule has 116 valence electrons. The van der Waals surface area contributed by atoms with E-state index in [9.17, 15) is 0 Å². The van der Waals surface area contributed by atoms with Gasteiger partial charge in [0.1, 0.15) is 0 Å². The first-order chi connectivity index (χ1) is 10.4. The fourth-order valence-electron chi connectivity index (χ4n) is 3.35. The van der Waals surface area contributed by atoms with Gasteiger partial charge in [-0.2, -0.15) is 0 Å². The smallest absolute Gasteiger partial charge is 0.0279 e. The Balaban J connectivity index is 1.85. The molecule has 1 unspecified atom stereocenters. The van der Waals surface area contributed by atoms with Crippen LogP contribution in [0.25, 0.3) is 0 Å². The van der Waals surface area contributed by atoms with Gasteiger partial charge >= 0.3 is 0 Å². The average molecular weight is 285 g/mol. The third-order valence-electron chi connectivity index (χ3n) is 4.53. The van der Waals surface area contributed by atoms with E-state index in [1.807, 2.05) is 0 Å². The average Bonchev–Trinajstić information content (AvgIpc) is 2.47. The maximum absolute atomic E-state index is 3.72. The summed E-state index contributed by atoms with van der Waals surface area (Å²) < 4.78 is 0. The maximum atomic E-state index is 3.72. The molecule has 1 aromatic rings. The summed E-state index contributed by atoms with van der Waals surface area (Å²) in [5, 5.41) is 3.72. The van der Waals surface area contributed by atoms with Crippen molar-refractivity contribution in [2.24, 2.45) is 0 Å². The predicted octanol–water partition coefficient (Wildman–Crippen LogP) is 5.27. The van der Waals surface area contributed by atoms with Crippen molar-refractivity contribution in [3.05, 3.63) is 47.5 Å². The Morgan fingerprint density at radius 1 is 1.05 bits per heavy atom. The molecule has 1 heteroatoms. The Hall–Kier alpha value is -1.08. The van der Waals surface area contributed by atoms with E-state index in [4.69, 9.17) is 0 Å². The molecule has 0 spiro atoms. The van der Waals surface area contributed by atoms with Crippen LogP contribution in [0.1, 0.15) is 63.9 Å². The van der Waals surface area contributed by atoms with Crippen LogP contribution in [-0.4, -0.2) is 12.6 Å². The molecule has 1 aliphatic carbocycles. The zero-order valence-corrected chi connectivity index (χ0v) is 13.6. The van der Waals surface area contributed by atoms with Crippen LogP contribution in [-0.2, 0) is 6.42 Å². The van der Waals surface area contributed by atoms with Crippen LogP contribution in [0.4, 0.5) is 0 Å². The van der Waals surface area contributed by atoms with Gasteiger partial charge in [0.05, 0.1) is 0 Å². The van der Waals surface area contributed by atoms with E-state index in [0.717, 1.165) is 6.54 Å². The summed E-state index contributed by atoms with van der Waals surface area (Å²) in [4.78, 5) is 0. The molecule has 0 aromatic heterocycles. The third kappa shape index (κ3) is 6.05. The molecule has 1 aromatic carbocycles. The first-order valence-electron chi connectivity index (χ1n) is 8.86. The molecule has 0 radical (unpaired) electrons. The number of hydrogen-bond acceptors (Lipinski definition) is 1. The summed E-state index contributed by atoms with van der Waals surface area (Å²) in [6, 6.07) is 11.5. The number of likely N-dealkylation sites (N-methyl/N-ethyl adjacent to an activating group) is 1. The highest BCUT2D eigenvalue weighted by Crippen LogP contribution is 2.22. The fraction of sp³-hybridized carbons (Fsp3) is 0.600. The first-order valence-corrected chi connectivity index (χ1v) is 8.86. The van der Waals surface area contributed by atoms with Crippen molar-refractivity contribution in [3.8, 4) is 0 Å². The van der Waals surface area contributed by atoms with Crippen LogP contribution in [0.15, 0.2) is 42.0 Å². The minimum absolute atomic E-state index is 0.608. The zero-order chi connectivity index (χ0) is 14.8. The number of hydrogen-bond donors (Lipinski definition) is 1. The molecule has 21 heavy (non-hydrogen) atoms. The highest BCUT2D eigenvalue weighted by atomic mass is 14.9. The number of aryl methyl sites for hydroxylation is 1. The van der Waals surface area contributed by atoms with Crippen molar-refractivity contribution in [3.63, 3.8) is 0 Å². The van der Waals surface area contributed by atoms with Crippen molar-refractivity contribution in [1.82, 2.24) is 5.32 Å². The lowest BCUT2D eigenvalue weighted by atomic mass is 9.91. The highest BCUT2D eigenvalue weighted by Gasteiger charge is 2.13. The van der Waals surface area contributed by atoms with Crippen molar-refractivity contribution < 1.29 is 0 Å². The molecular weight excluding hydrogens is 254 g/mol. The molecule has 0 aliphatic heterocycles. The summed E-state index contributed by atoms with van der Waals surface area (Å²) in [6.07, 6.45) is 14.5. The second-order valence-corrected chi connectivity index (χ2v) is 6.22. The quantitative estimate of drug-likeness (QED) is 0.673. The molecule has 0 fully saturated rings. The monoisotopic (exact) mass is 285 g/mol. The van der Waals surface area contributed by atoms with E-state index in [1.165, 1.54) is 63.4 Å². The summed E-state index contributed by atoms with van der Waals surface area (Å²) in [6.45, 7) is 3.31. The standard InChI is InChI=1S/C20H31N/c1-2-21-20(19-15-9-4-3-5-10-16-19)17-11-14-18-12-7-6-8-13-18/h6-8,12-13,15,20-21H,2-5,9-11,14,16-17H2,1H3/b19-15+. The second-order valence-electron chi connectivity index (χ2n) is 6.22. The Bertz CT molecular complexity index is 407. The van der Waals surface area contributed by atoms with E-state index in [2.05, 4.69) is 48.6 Å². The highest BCUT2D eigenvalue weighted by molar-refractivity contribution is 5.15. The lowest BCUT2D eigenvalue weighted by molar-refractivity contribution is 0.500. The molecule has 0 saturated carbocycles. The van der Waals surface area contributed by atoms with Gasteiger partial charge in [0, 0.05) is 6.04 Å². The van der Waals surface area contributed by atoms with Crippen LogP contribution in [0.2, 0.25) is 0 Å². The van der Waals surface area contributed by atoms with Crippen LogP contribution < -0.4 is 5.32 Å². The van der Waals surface area contributed by atoms with E-state index >= 15 is 0 Å². The third-order valence-corrected chi connectivity index (χ3v) is 4.53. The lowest BCUT2D eigenvalue weighted by Gasteiger charge is -2.23. The molecule has 1 aliphatic rings. The molecule has 1 nitrogen and oxygen atoms in total. The van der Waals surface area contributed by atoms with E-state index in [1.54, 1.807) is 5.57 Å². The predicted molar refractivity (Wildman–Crippen MR) is 92.6 cm³/mol. The van der Waals surface area contributed by atoms with Gasteiger partial charge in [0.2, 0.25) is 0 Å². The Labute approximate surface area is 130 Å². The molecule has 2 rings (SSSR count). The molecule has 0 heterocycles. The molecule has 1 N–H and O–H groups in total. The minimum Gasteiger partial charge on any atom is -0.311 e. The van der Waals surface area contributed by atoms with Gasteiger partial charge in [0.25, 0.3) is 0 Å². The number of allylic oxidation sites excluding steroid dienone is 1. The zero-order valence-electron chi connectivity index (χ0n) is 13.6. The van der Waals surface area contributed by atoms with Crippen molar-refractivity contribution >= 4 is 0 Å². The van der Waals surface area contributed by atoms with Crippen molar-refractivity contribution in [1.29, 1.82) is 0 Å². The Kier molecular flexibility index (Phi) is 7.59. The van der Waals surface area contributed by atoms with Gasteiger partial charge < -0.3 is 5.32 Å². The molecule has 0 bridgehead atoms. The summed E-state index contributed by atoms with van der Waals surface area (Å²) in [5.41, 5.74) is 3.16. The van der Waals surface area contributed by atoms with Crippen LogP contribution in [0.5, 0.6) is 0 Å². The van der Waals surface area contributed by atoms with Crippen LogP contribution in [0, 0.1) is 0 Å². The second kappa shape index (κ2) is 9.78. The minimum atomic E-state index is 0.608. The Morgan fingerprint density at radius 2 is 1.86 bits per heavy atom. The van der Waals surface area contributed by atoms with Gasteiger partial charge in [0.15, 0.2) is 0 Å². The van der Waals surface area contributed by atoms with E-state index in [0.29, 0.717) is 6.04 Å². The Morgan fingerprint density at radius 3 is 2.67 bits per heavy atom. The molecule has 1 atom stereocenters. The van der Waals surface area contributed by atoms with Crippen LogP contribution in [0.3, 0.4) is 0 Å². The summed E-state index contributed by atoms with van der Waals surface area (Å²) in [5.74, 6) is 0. The van der Waals surface area contributed by atoms with Gasteiger partial charge in [-0.3, -0.25) is 0 Å². The molecule has 0 saturated heterocycles.